The van der Waals surface area contributed by atoms with Gasteiger partial charge in [0.05, 0.1) is 24.1 Å². The lowest BCUT2D eigenvalue weighted by Crippen LogP contribution is -2.12. The van der Waals surface area contributed by atoms with Crippen LogP contribution in [-0.2, 0) is 6.18 Å². The molecule has 0 fully saturated rings. The second-order valence-corrected chi connectivity index (χ2v) is 7.48. The highest BCUT2D eigenvalue weighted by Crippen LogP contribution is 2.38. The van der Waals surface area contributed by atoms with Gasteiger partial charge in [-0.2, -0.15) is 13.2 Å². The Morgan fingerprint density at radius 3 is 2.74 bits per heavy atom. The van der Waals surface area contributed by atoms with Crippen molar-refractivity contribution in [3.63, 3.8) is 0 Å². The molecule has 164 valence electrons. The third-order valence-corrected chi connectivity index (χ3v) is 4.96. The molecule has 3 aromatic rings. The molecular formula is C21H21F3N4O2S. The number of anilines is 3. The number of aromatic nitrogens is 2. The van der Waals surface area contributed by atoms with Gasteiger partial charge in [0.1, 0.15) is 11.4 Å². The van der Waals surface area contributed by atoms with Crippen molar-refractivity contribution in [3.8, 4) is 5.75 Å². The van der Waals surface area contributed by atoms with Gasteiger partial charge in [0.2, 0.25) is 0 Å². The molecule has 1 aromatic carbocycles. The lowest BCUT2D eigenvalue weighted by Gasteiger charge is -2.15. The van der Waals surface area contributed by atoms with Gasteiger partial charge >= 0.3 is 6.18 Å². The summed E-state index contributed by atoms with van der Waals surface area (Å²) in [5.41, 5.74) is -0.00970. The van der Waals surface area contributed by atoms with E-state index >= 15 is 0 Å². The number of ether oxygens (including phenoxy) is 1. The predicted octanol–water partition coefficient (Wildman–Crippen LogP) is 6.12. The van der Waals surface area contributed by atoms with Crippen LogP contribution >= 0.6 is 11.3 Å². The quantitative estimate of drug-likeness (QED) is 0.384. The van der Waals surface area contributed by atoms with Gasteiger partial charge in [-0.3, -0.25) is 9.78 Å². The number of unbranched alkanes of at least 4 members (excludes halogenated alkanes) is 2. The first-order valence-electron chi connectivity index (χ1n) is 9.65. The summed E-state index contributed by atoms with van der Waals surface area (Å²) in [6.45, 7) is 2.24. The lowest BCUT2D eigenvalue weighted by molar-refractivity contribution is -0.138. The largest absolute Gasteiger partial charge is 0.493 e. The molecular weight excluding hydrogens is 429 g/mol. The number of hydrogen-bond acceptors (Lipinski definition) is 6. The van der Waals surface area contributed by atoms with Crippen molar-refractivity contribution in [2.45, 2.75) is 32.4 Å². The third-order valence-electron chi connectivity index (χ3n) is 4.20. The summed E-state index contributed by atoms with van der Waals surface area (Å²) in [6.07, 6.45) is 1.05. The van der Waals surface area contributed by atoms with E-state index in [2.05, 4.69) is 20.6 Å². The number of pyridine rings is 1. The van der Waals surface area contributed by atoms with E-state index in [9.17, 15) is 18.0 Å². The van der Waals surface area contributed by atoms with Crippen LogP contribution in [0.25, 0.3) is 0 Å². The number of halogens is 3. The number of alkyl halides is 3. The predicted molar refractivity (Wildman–Crippen MR) is 114 cm³/mol. The van der Waals surface area contributed by atoms with E-state index in [0.717, 1.165) is 30.2 Å². The summed E-state index contributed by atoms with van der Waals surface area (Å²) >= 11 is 1.11. The Balaban J connectivity index is 1.70. The molecule has 0 atom stereocenters. The van der Waals surface area contributed by atoms with Crippen LogP contribution in [0.3, 0.4) is 0 Å². The fraction of sp³-hybridized carbons (Fsp3) is 0.286. The molecule has 0 saturated carbocycles. The minimum atomic E-state index is -4.56. The van der Waals surface area contributed by atoms with E-state index in [4.69, 9.17) is 4.74 Å². The van der Waals surface area contributed by atoms with E-state index in [-0.39, 0.29) is 23.7 Å². The highest BCUT2D eigenvalue weighted by atomic mass is 32.1. The van der Waals surface area contributed by atoms with Gasteiger partial charge < -0.3 is 15.4 Å². The number of benzene rings is 1. The summed E-state index contributed by atoms with van der Waals surface area (Å²) < 4.78 is 45.8. The molecule has 10 heteroatoms. The number of thiazole rings is 1. The van der Waals surface area contributed by atoms with Gasteiger partial charge in [0.15, 0.2) is 5.13 Å². The molecule has 0 aliphatic carbocycles. The Kier molecular flexibility index (Phi) is 7.45. The third kappa shape index (κ3) is 6.42. The first kappa shape index (κ1) is 22.5. The number of rotatable bonds is 9. The first-order chi connectivity index (χ1) is 14.9. The molecule has 0 saturated heterocycles. The molecule has 0 unspecified atom stereocenters. The summed E-state index contributed by atoms with van der Waals surface area (Å²) in [5, 5.41) is 7.28. The van der Waals surface area contributed by atoms with Crippen LogP contribution in [-0.4, -0.2) is 22.5 Å². The van der Waals surface area contributed by atoms with E-state index in [0.29, 0.717) is 17.2 Å². The zero-order valence-electron chi connectivity index (χ0n) is 16.7. The minimum absolute atomic E-state index is 0.142. The number of carbonyl (C=O) groups is 1. The highest BCUT2D eigenvalue weighted by molar-refractivity contribution is 7.14. The van der Waals surface area contributed by atoms with Crippen molar-refractivity contribution < 1.29 is 22.7 Å². The Bertz CT molecular complexity index is 1010. The number of amides is 1. The van der Waals surface area contributed by atoms with Crippen molar-refractivity contribution >= 4 is 33.8 Å². The topological polar surface area (TPSA) is 76.1 Å². The molecule has 3 rings (SSSR count). The maximum atomic E-state index is 13.5. The fourth-order valence-corrected chi connectivity index (χ4v) is 3.39. The van der Waals surface area contributed by atoms with Crippen LogP contribution < -0.4 is 15.4 Å². The normalized spacial score (nSPS) is 11.2. The van der Waals surface area contributed by atoms with E-state index < -0.39 is 17.6 Å². The van der Waals surface area contributed by atoms with Gasteiger partial charge in [-0.25, -0.2) is 4.98 Å². The summed E-state index contributed by atoms with van der Waals surface area (Å²) in [5.74, 6) is -0.645. The van der Waals surface area contributed by atoms with Crippen molar-refractivity contribution in [3.05, 3.63) is 59.4 Å². The zero-order valence-corrected chi connectivity index (χ0v) is 17.5. The number of nitrogens with zero attached hydrogens (tertiary/aromatic N) is 2. The maximum Gasteiger partial charge on any atom is 0.420 e. The van der Waals surface area contributed by atoms with Gasteiger partial charge in [0.25, 0.3) is 5.91 Å². The molecule has 31 heavy (non-hydrogen) atoms. The second kappa shape index (κ2) is 10.3. The van der Waals surface area contributed by atoms with Crippen molar-refractivity contribution in [2.24, 2.45) is 0 Å². The fourth-order valence-electron chi connectivity index (χ4n) is 2.68. The van der Waals surface area contributed by atoms with Crippen LogP contribution in [0, 0.1) is 0 Å². The molecule has 0 spiro atoms. The molecule has 2 aromatic heterocycles. The second-order valence-electron chi connectivity index (χ2n) is 6.62. The maximum absolute atomic E-state index is 13.5. The SMILES string of the molecule is CCCCCOc1ccc(Nc2nc(C(=O)Nc3cccnc3)cs2)cc1C(F)(F)F. The molecule has 0 aliphatic rings. The highest BCUT2D eigenvalue weighted by Gasteiger charge is 2.34. The molecule has 2 N–H and O–H groups in total. The van der Waals surface area contributed by atoms with Crippen LogP contribution in [0.4, 0.5) is 29.7 Å². The average Bonchev–Trinajstić information content (AvgIpc) is 3.21. The van der Waals surface area contributed by atoms with E-state index in [1.54, 1.807) is 18.3 Å². The molecule has 0 bridgehead atoms. The summed E-state index contributed by atoms with van der Waals surface area (Å²) in [4.78, 5) is 20.3. The molecule has 0 radical (unpaired) electrons. The number of hydrogen-bond donors (Lipinski definition) is 2. The van der Waals surface area contributed by atoms with Gasteiger partial charge in [-0.05, 0) is 36.8 Å². The van der Waals surface area contributed by atoms with Crippen LogP contribution in [0.1, 0.15) is 42.2 Å². The van der Waals surface area contributed by atoms with Crippen LogP contribution in [0.2, 0.25) is 0 Å². The standard InChI is InChI=1S/C21H21F3N4O2S/c1-2-3-4-10-30-18-8-7-14(11-16(18)21(22,23)24)27-20-28-17(13-31-20)19(29)26-15-6-5-9-25-12-15/h5-9,11-13H,2-4,10H2,1H3,(H,26,29)(H,27,28). The average molecular weight is 450 g/mol. The van der Waals surface area contributed by atoms with Gasteiger partial charge in [0, 0.05) is 17.3 Å². The Labute approximate surface area is 181 Å². The van der Waals surface area contributed by atoms with Crippen molar-refractivity contribution in [1.29, 1.82) is 0 Å². The summed E-state index contributed by atoms with van der Waals surface area (Å²) in [7, 11) is 0. The summed E-state index contributed by atoms with van der Waals surface area (Å²) in [6, 6.07) is 7.12. The Morgan fingerprint density at radius 1 is 1.19 bits per heavy atom. The smallest absolute Gasteiger partial charge is 0.420 e. The molecule has 6 nitrogen and oxygen atoms in total. The zero-order chi connectivity index (χ0) is 22.3. The van der Waals surface area contributed by atoms with Gasteiger partial charge in [-0.15, -0.1) is 11.3 Å². The van der Waals surface area contributed by atoms with Crippen LogP contribution in [0.15, 0.2) is 48.1 Å². The van der Waals surface area contributed by atoms with Gasteiger partial charge in [-0.1, -0.05) is 19.8 Å². The van der Waals surface area contributed by atoms with E-state index in [1.165, 1.54) is 23.7 Å². The molecule has 0 aliphatic heterocycles. The Morgan fingerprint density at radius 2 is 2.03 bits per heavy atom. The van der Waals surface area contributed by atoms with Crippen molar-refractivity contribution in [2.75, 3.05) is 17.2 Å². The minimum Gasteiger partial charge on any atom is -0.493 e. The van der Waals surface area contributed by atoms with Crippen molar-refractivity contribution in [1.82, 2.24) is 9.97 Å². The molecule has 2 heterocycles. The van der Waals surface area contributed by atoms with Crippen LogP contribution in [0.5, 0.6) is 5.75 Å². The molecule has 1 amide bonds. The monoisotopic (exact) mass is 450 g/mol. The lowest BCUT2D eigenvalue weighted by atomic mass is 10.1. The number of carbonyl (C=O) groups excluding carboxylic acids is 1. The number of nitrogens with one attached hydrogen (secondary N) is 2. The Hall–Kier alpha value is -3.14. The van der Waals surface area contributed by atoms with E-state index in [1.807, 2.05) is 6.92 Å². The first-order valence-corrected chi connectivity index (χ1v) is 10.5.